The zero-order chi connectivity index (χ0) is 20.4. The highest BCUT2D eigenvalue weighted by molar-refractivity contribution is 6.03. The SMILES string of the molecule is CC(=O)c1cccc(NC(=O)C23CCC(c4nc5ccccc5nc42)C3(C)C)c1. The Kier molecular flexibility index (Phi) is 3.69. The number of rotatable bonds is 3. The normalized spacial score (nSPS) is 23.8. The van der Waals surface area contributed by atoms with Crippen LogP contribution >= 0.6 is 0 Å². The summed E-state index contributed by atoms with van der Waals surface area (Å²) in [6.45, 7) is 5.84. The van der Waals surface area contributed by atoms with Crippen molar-refractivity contribution in [1.82, 2.24) is 9.97 Å². The van der Waals surface area contributed by atoms with Gasteiger partial charge < -0.3 is 5.32 Å². The Bertz CT molecular complexity index is 1180. The molecule has 0 radical (unpaired) electrons. The number of ketones is 1. The van der Waals surface area contributed by atoms with Crippen molar-refractivity contribution < 1.29 is 9.59 Å². The van der Waals surface area contributed by atoms with Gasteiger partial charge in [0.25, 0.3) is 0 Å². The number of aromatic nitrogens is 2. The molecule has 1 amide bonds. The molecule has 3 aromatic rings. The monoisotopic (exact) mass is 385 g/mol. The van der Waals surface area contributed by atoms with Crippen LogP contribution in [0.5, 0.6) is 0 Å². The molecule has 0 saturated heterocycles. The summed E-state index contributed by atoms with van der Waals surface area (Å²) in [7, 11) is 0. The van der Waals surface area contributed by atoms with E-state index in [1.54, 1.807) is 18.2 Å². The maximum Gasteiger partial charge on any atom is 0.237 e. The predicted molar refractivity (Wildman–Crippen MR) is 112 cm³/mol. The third-order valence-electron chi connectivity index (χ3n) is 7.03. The fourth-order valence-corrected chi connectivity index (χ4v) is 5.38. The number of para-hydroxylation sites is 2. The second-order valence-electron chi connectivity index (χ2n) is 8.76. The second kappa shape index (κ2) is 5.96. The molecule has 2 aliphatic carbocycles. The summed E-state index contributed by atoms with van der Waals surface area (Å²) >= 11 is 0. The van der Waals surface area contributed by atoms with Crippen molar-refractivity contribution in [3.05, 3.63) is 65.5 Å². The highest BCUT2D eigenvalue weighted by Crippen LogP contribution is 2.67. The number of carbonyl (C=O) groups excluding carboxylic acids is 2. The first-order valence-electron chi connectivity index (χ1n) is 10.0. The third kappa shape index (κ3) is 2.33. The molecule has 2 aliphatic rings. The van der Waals surface area contributed by atoms with Crippen molar-refractivity contribution in [2.24, 2.45) is 5.41 Å². The Morgan fingerprint density at radius 3 is 2.48 bits per heavy atom. The molecular formula is C24H23N3O2. The molecule has 146 valence electrons. The summed E-state index contributed by atoms with van der Waals surface area (Å²) in [6.07, 6.45) is 1.68. The Morgan fingerprint density at radius 1 is 1.03 bits per heavy atom. The average molecular weight is 385 g/mol. The lowest BCUT2D eigenvalue weighted by atomic mass is 9.67. The highest BCUT2D eigenvalue weighted by atomic mass is 16.2. The van der Waals surface area contributed by atoms with Crippen molar-refractivity contribution in [2.45, 2.75) is 44.9 Å². The number of anilines is 1. The summed E-state index contributed by atoms with van der Waals surface area (Å²) in [5.41, 5.74) is 3.69. The van der Waals surface area contributed by atoms with E-state index in [1.807, 2.05) is 30.3 Å². The van der Waals surface area contributed by atoms with Crippen molar-refractivity contribution >= 4 is 28.4 Å². The number of nitrogens with one attached hydrogen (secondary N) is 1. The zero-order valence-electron chi connectivity index (χ0n) is 16.8. The molecule has 2 bridgehead atoms. The Morgan fingerprint density at radius 2 is 1.76 bits per heavy atom. The molecule has 0 spiro atoms. The van der Waals surface area contributed by atoms with E-state index in [-0.39, 0.29) is 23.0 Å². The number of benzene rings is 2. The minimum Gasteiger partial charge on any atom is -0.325 e. The van der Waals surface area contributed by atoms with Gasteiger partial charge in [-0.15, -0.1) is 0 Å². The maximum atomic E-state index is 13.7. The number of hydrogen-bond acceptors (Lipinski definition) is 4. The molecule has 0 aliphatic heterocycles. The van der Waals surface area contributed by atoms with Crippen molar-refractivity contribution in [3.8, 4) is 0 Å². The Hall–Kier alpha value is -3.08. The first-order valence-corrected chi connectivity index (χ1v) is 10.0. The van der Waals surface area contributed by atoms with E-state index in [9.17, 15) is 9.59 Å². The number of hydrogen-bond donors (Lipinski definition) is 1. The summed E-state index contributed by atoms with van der Waals surface area (Å²) in [6, 6.07) is 14.9. The van der Waals surface area contributed by atoms with Crippen LogP contribution in [0.25, 0.3) is 11.0 Å². The maximum absolute atomic E-state index is 13.7. The number of nitrogens with zero attached hydrogens (tertiary/aromatic N) is 2. The molecular weight excluding hydrogens is 362 g/mol. The second-order valence-corrected chi connectivity index (χ2v) is 8.76. The molecule has 2 aromatic carbocycles. The summed E-state index contributed by atoms with van der Waals surface area (Å²) in [4.78, 5) is 35.3. The van der Waals surface area contributed by atoms with E-state index in [0.717, 1.165) is 35.3 Å². The van der Waals surface area contributed by atoms with Gasteiger partial charge in [0.1, 0.15) is 0 Å². The molecule has 1 fully saturated rings. The molecule has 1 N–H and O–H groups in total. The first kappa shape index (κ1) is 18.0. The molecule has 1 saturated carbocycles. The van der Waals surface area contributed by atoms with Crippen LogP contribution in [0.15, 0.2) is 48.5 Å². The van der Waals surface area contributed by atoms with Gasteiger partial charge in [-0.1, -0.05) is 38.1 Å². The Balaban J connectivity index is 1.62. The quantitative estimate of drug-likeness (QED) is 0.668. The van der Waals surface area contributed by atoms with Gasteiger partial charge in [-0.05, 0) is 49.4 Å². The summed E-state index contributed by atoms with van der Waals surface area (Å²) < 4.78 is 0. The minimum absolute atomic E-state index is 0.0240. The molecule has 5 nitrogen and oxygen atoms in total. The van der Waals surface area contributed by atoms with Gasteiger partial charge in [-0.25, -0.2) is 9.97 Å². The molecule has 29 heavy (non-hydrogen) atoms. The van der Waals surface area contributed by atoms with Crippen LogP contribution in [0.2, 0.25) is 0 Å². The van der Waals surface area contributed by atoms with E-state index in [1.165, 1.54) is 6.92 Å². The smallest absolute Gasteiger partial charge is 0.237 e. The molecule has 5 rings (SSSR count). The van der Waals surface area contributed by atoms with Crippen LogP contribution in [-0.4, -0.2) is 21.7 Å². The third-order valence-corrected chi connectivity index (χ3v) is 7.03. The Labute approximate surface area is 169 Å². The van der Waals surface area contributed by atoms with Crippen molar-refractivity contribution in [1.29, 1.82) is 0 Å². The molecule has 2 atom stereocenters. The average Bonchev–Trinajstić information content (AvgIpc) is 3.08. The number of amides is 1. The molecule has 1 aromatic heterocycles. The van der Waals surface area contributed by atoms with Crippen molar-refractivity contribution in [3.63, 3.8) is 0 Å². The van der Waals surface area contributed by atoms with Crippen LogP contribution < -0.4 is 5.32 Å². The van der Waals surface area contributed by atoms with Gasteiger partial charge in [-0.3, -0.25) is 9.59 Å². The number of carbonyl (C=O) groups is 2. The predicted octanol–water partition coefficient (Wildman–Crippen LogP) is 4.63. The van der Waals surface area contributed by atoms with Crippen LogP contribution in [0.3, 0.4) is 0 Å². The van der Waals surface area contributed by atoms with Gasteiger partial charge in [0.2, 0.25) is 5.91 Å². The standard InChI is InChI=1S/C24H23N3O2/c1-14(28)15-7-6-8-16(13-15)25-22(29)24-12-11-17(23(24,2)3)20-21(24)27-19-10-5-4-9-18(19)26-20/h4-10,13,17H,11-12H2,1-3H3,(H,25,29). The van der Waals surface area contributed by atoms with Gasteiger partial charge in [0.15, 0.2) is 5.78 Å². The van der Waals surface area contributed by atoms with Crippen LogP contribution in [-0.2, 0) is 10.2 Å². The molecule has 5 heteroatoms. The van der Waals surface area contributed by atoms with E-state index < -0.39 is 5.41 Å². The van der Waals surface area contributed by atoms with Crippen LogP contribution in [0.1, 0.15) is 61.3 Å². The van der Waals surface area contributed by atoms with E-state index in [0.29, 0.717) is 11.3 Å². The van der Waals surface area contributed by atoms with Gasteiger partial charge in [0.05, 0.1) is 27.8 Å². The lowest BCUT2D eigenvalue weighted by Crippen LogP contribution is -2.46. The van der Waals surface area contributed by atoms with E-state index >= 15 is 0 Å². The van der Waals surface area contributed by atoms with E-state index in [4.69, 9.17) is 9.97 Å². The number of Topliss-reactive ketones (excluding diaryl/α,β-unsaturated/α-hetero) is 1. The first-order chi connectivity index (χ1) is 13.8. The lowest BCUT2D eigenvalue weighted by Gasteiger charge is -2.36. The minimum atomic E-state index is -0.726. The van der Waals surface area contributed by atoms with Crippen molar-refractivity contribution in [2.75, 3.05) is 5.32 Å². The van der Waals surface area contributed by atoms with Gasteiger partial charge in [0, 0.05) is 17.2 Å². The summed E-state index contributed by atoms with van der Waals surface area (Å²) in [5, 5.41) is 3.08. The molecule has 1 heterocycles. The van der Waals surface area contributed by atoms with Gasteiger partial charge in [-0.2, -0.15) is 0 Å². The highest BCUT2D eigenvalue weighted by Gasteiger charge is 2.67. The van der Waals surface area contributed by atoms with Crippen LogP contribution in [0.4, 0.5) is 5.69 Å². The van der Waals surface area contributed by atoms with Crippen LogP contribution in [0, 0.1) is 5.41 Å². The lowest BCUT2D eigenvalue weighted by molar-refractivity contribution is -0.124. The fourth-order valence-electron chi connectivity index (χ4n) is 5.38. The molecule has 2 unspecified atom stereocenters. The fraction of sp³-hybridized carbons (Fsp3) is 0.333. The summed E-state index contributed by atoms with van der Waals surface area (Å²) in [5.74, 6) is 0.127. The topological polar surface area (TPSA) is 72.0 Å². The zero-order valence-corrected chi connectivity index (χ0v) is 16.8. The number of fused-ring (bicyclic) bond motifs is 6. The van der Waals surface area contributed by atoms with E-state index in [2.05, 4.69) is 19.2 Å². The van der Waals surface area contributed by atoms with Gasteiger partial charge >= 0.3 is 0 Å². The largest absolute Gasteiger partial charge is 0.325 e.